The second-order valence-electron chi connectivity index (χ2n) is 10.4. The van der Waals surface area contributed by atoms with E-state index >= 15 is 0 Å². The lowest BCUT2D eigenvalue weighted by molar-refractivity contribution is 0.241. The number of imidazole rings is 1. The van der Waals surface area contributed by atoms with E-state index in [-0.39, 0.29) is 0 Å². The summed E-state index contributed by atoms with van der Waals surface area (Å²) in [5.74, 6) is 1.92. The van der Waals surface area contributed by atoms with Crippen LogP contribution in [0.3, 0.4) is 0 Å². The molecule has 0 aliphatic carbocycles. The summed E-state index contributed by atoms with van der Waals surface area (Å²) < 4.78 is 7.89. The molecule has 0 fully saturated rings. The summed E-state index contributed by atoms with van der Waals surface area (Å²) in [6.45, 7) is 7.86. The first-order valence-corrected chi connectivity index (χ1v) is 14.3. The van der Waals surface area contributed by atoms with Crippen LogP contribution < -0.4 is 4.74 Å². The Balaban J connectivity index is 1.61. The molecule has 5 aromatic rings. The number of benzene rings is 4. The van der Waals surface area contributed by atoms with Crippen LogP contribution in [0.1, 0.15) is 42.1 Å². The summed E-state index contributed by atoms with van der Waals surface area (Å²) >= 11 is 0. The number of rotatable bonds is 12. The van der Waals surface area contributed by atoms with Crippen LogP contribution in [0.5, 0.6) is 5.75 Å². The lowest BCUT2D eigenvalue weighted by Crippen LogP contribution is -2.25. The number of aromatic nitrogens is 2. The highest BCUT2D eigenvalue weighted by Crippen LogP contribution is 2.32. The summed E-state index contributed by atoms with van der Waals surface area (Å²) in [6, 6.07) is 38.4. The first kappa shape index (κ1) is 27.4. The van der Waals surface area contributed by atoms with Gasteiger partial charge in [-0.1, -0.05) is 110 Å². The minimum atomic E-state index is 0.786. The number of methoxy groups -OCH3 is 1. The van der Waals surface area contributed by atoms with Crippen molar-refractivity contribution in [1.29, 1.82) is 0 Å². The van der Waals surface area contributed by atoms with Gasteiger partial charge in [0, 0.05) is 37.3 Å². The van der Waals surface area contributed by atoms with Crippen molar-refractivity contribution in [2.24, 2.45) is 0 Å². The number of nitrogens with zero attached hydrogens (tertiary/aromatic N) is 3. The van der Waals surface area contributed by atoms with Gasteiger partial charge in [0.05, 0.1) is 18.5 Å². The highest BCUT2D eigenvalue weighted by molar-refractivity contribution is 5.68. The van der Waals surface area contributed by atoms with Crippen LogP contribution in [0.4, 0.5) is 0 Å². The Hall–Kier alpha value is -4.15. The van der Waals surface area contributed by atoms with Crippen LogP contribution in [-0.4, -0.2) is 21.6 Å². The zero-order valence-electron chi connectivity index (χ0n) is 23.9. The fraction of sp³-hybridized carbons (Fsp3) is 0.250. The molecule has 0 bridgehead atoms. The zero-order valence-corrected chi connectivity index (χ0v) is 23.9. The lowest BCUT2D eigenvalue weighted by atomic mass is 10.1. The Morgan fingerprint density at radius 1 is 0.725 bits per heavy atom. The number of aryl methyl sites for hydroxylation is 1. The summed E-state index contributed by atoms with van der Waals surface area (Å²) in [6.07, 6.45) is 2.24. The SMILES string of the molecule is CCCCn1c(-c2ccccc2)nc(-c2ccccc2)c1CN(Cc1ccc(OC)cc1)Cc1ccccc1C. The van der Waals surface area contributed by atoms with Gasteiger partial charge in [-0.05, 0) is 42.2 Å². The van der Waals surface area contributed by atoms with Crippen LogP contribution in [0.15, 0.2) is 109 Å². The van der Waals surface area contributed by atoms with E-state index in [4.69, 9.17) is 9.72 Å². The van der Waals surface area contributed by atoms with E-state index in [2.05, 4.69) is 133 Å². The molecule has 0 saturated carbocycles. The van der Waals surface area contributed by atoms with Gasteiger partial charge in [-0.25, -0.2) is 4.98 Å². The van der Waals surface area contributed by atoms with Gasteiger partial charge in [0.25, 0.3) is 0 Å². The van der Waals surface area contributed by atoms with Crippen LogP contribution in [0, 0.1) is 6.92 Å². The predicted molar refractivity (Wildman–Crippen MR) is 165 cm³/mol. The monoisotopic (exact) mass is 529 g/mol. The molecule has 0 saturated heterocycles. The fourth-order valence-corrected chi connectivity index (χ4v) is 5.24. The maximum atomic E-state index is 5.42. The molecular weight excluding hydrogens is 490 g/mol. The average molecular weight is 530 g/mol. The Labute approximate surface area is 238 Å². The maximum absolute atomic E-state index is 5.42. The fourth-order valence-electron chi connectivity index (χ4n) is 5.24. The summed E-state index contributed by atoms with van der Waals surface area (Å²) in [5.41, 5.74) is 8.57. The molecule has 0 atom stereocenters. The second-order valence-corrected chi connectivity index (χ2v) is 10.4. The molecular formula is C36H39N3O. The van der Waals surface area contributed by atoms with Gasteiger partial charge < -0.3 is 9.30 Å². The largest absolute Gasteiger partial charge is 0.497 e. The van der Waals surface area contributed by atoms with Crippen LogP contribution >= 0.6 is 0 Å². The molecule has 4 heteroatoms. The Bertz CT molecular complexity index is 1490. The van der Waals surface area contributed by atoms with E-state index < -0.39 is 0 Å². The van der Waals surface area contributed by atoms with Gasteiger partial charge >= 0.3 is 0 Å². The topological polar surface area (TPSA) is 30.3 Å². The lowest BCUT2D eigenvalue weighted by Gasteiger charge is -2.25. The molecule has 0 amide bonds. The molecule has 1 heterocycles. The van der Waals surface area contributed by atoms with E-state index in [0.717, 1.165) is 67.4 Å². The Morgan fingerprint density at radius 3 is 2.02 bits per heavy atom. The minimum Gasteiger partial charge on any atom is -0.497 e. The third-order valence-electron chi connectivity index (χ3n) is 7.48. The number of unbranched alkanes of at least 4 members (excludes halogenated alkanes) is 1. The highest BCUT2D eigenvalue weighted by Gasteiger charge is 2.22. The van der Waals surface area contributed by atoms with Crippen molar-refractivity contribution in [2.75, 3.05) is 7.11 Å². The van der Waals surface area contributed by atoms with Gasteiger partial charge in [-0.2, -0.15) is 0 Å². The van der Waals surface area contributed by atoms with Crippen molar-refractivity contribution in [1.82, 2.24) is 14.5 Å². The molecule has 5 rings (SSSR count). The number of ether oxygens (including phenoxy) is 1. The molecule has 0 aliphatic heterocycles. The number of hydrogen-bond acceptors (Lipinski definition) is 3. The van der Waals surface area contributed by atoms with Crippen LogP contribution in [0.2, 0.25) is 0 Å². The molecule has 0 unspecified atom stereocenters. The van der Waals surface area contributed by atoms with Crippen molar-refractivity contribution >= 4 is 0 Å². The minimum absolute atomic E-state index is 0.786. The summed E-state index contributed by atoms with van der Waals surface area (Å²) in [4.78, 5) is 7.88. The van der Waals surface area contributed by atoms with Crippen molar-refractivity contribution in [2.45, 2.75) is 52.9 Å². The zero-order chi connectivity index (χ0) is 27.7. The molecule has 4 aromatic carbocycles. The van der Waals surface area contributed by atoms with Gasteiger partial charge in [0.2, 0.25) is 0 Å². The molecule has 40 heavy (non-hydrogen) atoms. The van der Waals surface area contributed by atoms with Gasteiger partial charge in [-0.3, -0.25) is 4.90 Å². The van der Waals surface area contributed by atoms with E-state index in [9.17, 15) is 0 Å². The predicted octanol–water partition coefficient (Wildman–Crippen LogP) is 8.54. The normalized spacial score (nSPS) is 11.2. The van der Waals surface area contributed by atoms with Crippen molar-refractivity contribution < 1.29 is 4.74 Å². The first-order valence-electron chi connectivity index (χ1n) is 14.3. The smallest absolute Gasteiger partial charge is 0.140 e. The number of hydrogen-bond donors (Lipinski definition) is 0. The quantitative estimate of drug-likeness (QED) is 0.162. The van der Waals surface area contributed by atoms with Crippen LogP contribution in [-0.2, 0) is 26.2 Å². The van der Waals surface area contributed by atoms with E-state index in [0.29, 0.717) is 0 Å². The van der Waals surface area contributed by atoms with Crippen molar-refractivity contribution in [3.05, 3.63) is 132 Å². The average Bonchev–Trinajstić information content (AvgIpc) is 3.36. The van der Waals surface area contributed by atoms with Gasteiger partial charge in [0.15, 0.2) is 0 Å². The molecule has 1 aromatic heterocycles. The van der Waals surface area contributed by atoms with Crippen LogP contribution in [0.25, 0.3) is 22.6 Å². The van der Waals surface area contributed by atoms with E-state index in [1.54, 1.807) is 7.11 Å². The third kappa shape index (κ3) is 6.52. The van der Waals surface area contributed by atoms with Gasteiger partial charge in [-0.15, -0.1) is 0 Å². The molecule has 0 radical (unpaired) electrons. The first-order chi connectivity index (χ1) is 19.7. The molecule has 0 spiro atoms. The van der Waals surface area contributed by atoms with Crippen molar-refractivity contribution in [3.8, 4) is 28.4 Å². The highest BCUT2D eigenvalue weighted by atomic mass is 16.5. The van der Waals surface area contributed by atoms with Crippen molar-refractivity contribution in [3.63, 3.8) is 0 Å². The second kappa shape index (κ2) is 13.3. The van der Waals surface area contributed by atoms with E-state index in [1.807, 2.05) is 0 Å². The molecule has 0 aliphatic rings. The third-order valence-corrected chi connectivity index (χ3v) is 7.48. The molecule has 204 valence electrons. The Kier molecular flexibility index (Phi) is 9.10. The molecule has 4 nitrogen and oxygen atoms in total. The molecule has 0 N–H and O–H groups in total. The van der Waals surface area contributed by atoms with Gasteiger partial charge in [0.1, 0.15) is 11.6 Å². The summed E-state index contributed by atoms with van der Waals surface area (Å²) in [5, 5.41) is 0. The summed E-state index contributed by atoms with van der Waals surface area (Å²) in [7, 11) is 1.71. The Morgan fingerprint density at radius 2 is 1.38 bits per heavy atom. The maximum Gasteiger partial charge on any atom is 0.140 e. The standard InChI is InChI=1S/C36H39N3O/c1-4-5-24-39-34(35(30-15-8-6-9-16-30)37-36(39)31-17-10-7-11-18-31)27-38(26-32-19-13-12-14-28(32)2)25-29-20-22-33(40-3)23-21-29/h6-23H,4-5,24-27H2,1-3H3. The van der Waals surface area contributed by atoms with E-state index in [1.165, 1.54) is 22.4 Å².